The average molecular weight is 346 g/mol. The van der Waals surface area contributed by atoms with Crippen LogP contribution >= 0.6 is 0 Å². The number of benzene rings is 2. The molecule has 1 aromatic heterocycles. The molecule has 4 rings (SSSR count). The van der Waals surface area contributed by atoms with Crippen LogP contribution in [0, 0.1) is 0 Å². The van der Waals surface area contributed by atoms with Crippen molar-refractivity contribution in [3.05, 3.63) is 82.3 Å². The third-order valence-electron chi connectivity index (χ3n) is 5.27. The van der Waals surface area contributed by atoms with Gasteiger partial charge in [0.2, 0.25) is 0 Å². The predicted molar refractivity (Wildman–Crippen MR) is 104 cm³/mol. The normalized spacial score (nSPS) is 17.8. The summed E-state index contributed by atoms with van der Waals surface area (Å²) in [6, 6.07) is 19.7. The number of aromatic nitrogens is 1. The fraction of sp³-hybridized carbons (Fsp3) is 0.273. The van der Waals surface area contributed by atoms with Crippen LogP contribution in [0.15, 0.2) is 65.5 Å². The minimum absolute atomic E-state index is 0.0819. The fourth-order valence-electron chi connectivity index (χ4n) is 3.85. The first-order valence-corrected chi connectivity index (χ1v) is 9.18. The number of rotatable bonds is 2. The quantitative estimate of drug-likeness (QED) is 0.764. The molecule has 132 valence electrons. The van der Waals surface area contributed by atoms with Gasteiger partial charge in [-0.15, -0.1) is 0 Å². The van der Waals surface area contributed by atoms with Crippen molar-refractivity contribution in [1.29, 1.82) is 0 Å². The molecule has 1 saturated heterocycles. The van der Waals surface area contributed by atoms with Gasteiger partial charge in [0.1, 0.15) is 5.69 Å². The number of carbonyl (C=O) groups is 1. The fourth-order valence-corrected chi connectivity index (χ4v) is 3.85. The highest BCUT2D eigenvalue weighted by Gasteiger charge is 2.23. The number of nitrogens with one attached hydrogen (secondary N) is 1. The molecule has 2 heterocycles. The third-order valence-corrected chi connectivity index (χ3v) is 5.27. The zero-order valence-corrected chi connectivity index (χ0v) is 14.7. The number of hydrogen-bond donors (Lipinski definition) is 1. The van der Waals surface area contributed by atoms with Gasteiger partial charge >= 0.3 is 0 Å². The SMILES string of the molecule is O=C(c1cc2ccccc2c(=O)[nH]1)N1CCCC(c2ccccc2)CC1. The Morgan fingerprint density at radius 3 is 2.58 bits per heavy atom. The Hall–Kier alpha value is -2.88. The smallest absolute Gasteiger partial charge is 0.270 e. The largest absolute Gasteiger partial charge is 0.337 e. The molecule has 0 saturated carbocycles. The van der Waals surface area contributed by atoms with E-state index in [0.717, 1.165) is 31.2 Å². The maximum Gasteiger partial charge on any atom is 0.270 e. The van der Waals surface area contributed by atoms with E-state index in [1.54, 1.807) is 12.1 Å². The van der Waals surface area contributed by atoms with Crippen molar-refractivity contribution in [3.8, 4) is 0 Å². The molecule has 1 atom stereocenters. The van der Waals surface area contributed by atoms with Gasteiger partial charge in [-0.05, 0) is 48.3 Å². The third kappa shape index (κ3) is 3.27. The van der Waals surface area contributed by atoms with E-state index in [1.807, 2.05) is 29.2 Å². The van der Waals surface area contributed by atoms with Crippen LogP contribution in [0.3, 0.4) is 0 Å². The Kier molecular flexibility index (Phi) is 4.57. The van der Waals surface area contributed by atoms with Crippen molar-refractivity contribution < 1.29 is 4.79 Å². The average Bonchev–Trinajstić information content (AvgIpc) is 2.94. The van der Waals surface area contributed by atoms with Gasteiger partial charge in [0.15, 0.2) is 0 Å². The standard InChI is InChI=1S/C22H22N2O2/c25-21-19-11-5-4-9-18(19)15-20(23-21)22(26)24-13-6-10-17(12-14-24)16-7-2-1-3-8-16/h1-5,7-9,11,15,17H,6,10,12-14H2,(H,23,25). The molecule has 1 N–H and O–H groups in total. The van der Waals surface area contributed by atoms with Crippen LogP contribution in [0.25, 0.3) is 10.8 Å². The van der Waals surface area contributed by atoms with Gasteiger partial charge < -0.3 is 9.88 Å². The van der Waals surface area contributed by atoms with E-state index < -0.39 is 0 Å². The van der Waals surface area contributed by atoms with Crippen LogP contribution in [-0.2, 0) is 0 Å². The molecule has 1 fully saturated rings. The first-order valence-electron chi connectivity index (χ1n) is 9.18. The van der Waals surface area contributed by atoms with Gasteiger partial charge in [0.25, 0.3) is 11.5 Å². The van der Waals surface area contributed by atoms with Gasteiger partial charge in [-0.3, -0.25) is 9.59 Å². The number of fused-ring (bicyclic) bond motifs is 1. The summed E-state index contributed by atoms with van der Waals surface area (Å²) < 4.78 is 0. The number of hydrogen-bond acceptors (Lipinski definition) is 2. The minimum Gasteiger partial charge on any atom is -0.337 e. The maximum atomic E-state index is 12.9. The van der Waals surface area contributed by atoms with E-state index in [2.05, 4.69) is 29.2 Å². The Labute approximate surface area is 152 Å². The molecule has 0 bridgehead atoms. The van der Waals surface area contributed by atoms with Crippen molar-refractivity contribution in [2.75, 3.05) is 13.1 Å². The molecule has 1 aliphatic heterocycles. The van der Waals surface area contributed by atoms with Gasteiger partial charge in [0.05, 0.1) is 0 Å². The van der Waals surface area contributed by atoms with Gasteiger partial charge in [-0.25, -0.2) is 0 Å². The van der Waals surface area contributed by atoms with Gasteiger partial charge in [0, 0.05) is 18.5 Å². The maximum absolute atomic E-state index is 12.9. The summed E-state index contributed by atoms with van der Waals surface area (Å²) in [5.74, 6) is 0.409. The lowest BCUT2D eigenvalue weighted by atomic mass is 9.92. The van der Waals surface area contributed by atoms with E-state index >= 15 is 0 Å². The predicted octanol–water partition coefficient (Wildman–Crippen LogP) is 3.94. The van der Waals surface area contributed by atoms with Crippen molar-refractivity contribution in [1.82, 2.24) is 9.88 Å². The summed E-state index contributed by atoms with van der Waals surface area (Å²) in [6.07, 6.45) is 3.01. The Morgan fingerprint density at radius 2 is 1.73 bits per heavy atom. The van der Waals surface area contributed by atoms with E-state index in [4.69, 9.17) is 0 Å². The summed E-state index contributed by atoms with van der Waals surface area (Å²) in [6.45, 7) is 1.45. The lowest BCUT2D eigenvalue weighted by Gasteiger charge is -2.21. The number of nitrogens with zero attached hydrogens (tertiary/aromatic N) is 1. The molecular weight excluding hydrogens is 324 g/mol. The van der Waals surface area contributed by atoms with Crippen molar-refractivity contribution in [2.45, 2.75) is 25.2 Å². The highest BCUT2D eigenvalue weighted by molar-refractivity contribution is 5.96. The highest BCUT2D eigenvalue weighted by atomic mass is 16.2. The number of pyridine rings is 1. The Bertz CT molecular complexity index is 978. The topological polar surface area (TPSA) is 53.2 Å². The zero-order valence-electron chi connectivity index (χ0n) is 14.7. The molecule has 26 heavy (non-hydrogen) atoms. The summed E-state index contributed by atoms with van der Waals surface area (Å²) in [7, 11) is 0. The summed E-state index contributed by atoms with van der Waals surface area (Å²) >= 11 is 0. The van der Waals surface area contributed by atoms with E-state index in [9.17, 15) is 9.59 Å². The summed E-state index contributed by atoms with van der Waals surface area (Å²) in [4.78, 5) is 29.9. The van der Waals surface area contributed by atoms with E-state index in [-0.39, 0.29) is 11.5 Å². The molecule has 0 aliphatic carbocycles. The van der Waals surface area contributed by atoms with Crippen molar-refractivity contribution in [2.24, 2.45) is 0 Å². The van der Waals surface area contributed by atoms with Gasteiger partial charge in [-0.2, -0.15) is 0 Å². The summed E-state index contributed by atoms with van der Waals surface area (Å²) in [5.41, 5.74) is 1.52. The van der Waals surface area contributed by atoms with Crippen LogP contribution < -0.4 is 5.56 Å². The highest BCUT2D eigenvalue weighted by Crippen LogP contribution is 2.28. The molecule has 1 amide bonds. The second kappa shape index (κ2) is 7.16. The molecule has 4 heteroatoms. The lowest BCUT2D eigenvalue weighted by molar-refractivity contribution is 0.0755. The number of H-pyrrole nitrogens is 1. The second-order valence-electron chi connectivity index (χ2n) is 6.93. The van der Waals surface area contributed by atoms with E-state index in [0.29, 0.717) is 23.5 Å². The van der Waals surface area contributed by atoms with Crippen molar-refractivity contribution in [3.63, 3.8) is 0 Å². The molecule has 1 unspecified atom stereocenters. The number of amides is 1. The lowest BCUT2D eigenvalue weighted by Crippen LogP contribution is -2.33. The Morgan fingerprint density at radius 1 is 0.962 bits per heavy atom. The molecule has 4 nitrogen and oxygen atoms in total. The molecule has 0 radical (unpaired) electrons. The molecule has 3 aromatic rings. The molecule has 1 aliphatic rings. The van der Waals surface area contributed by atoms with Crippen LogP contribution in [0.1, 0.15) is 41.2 Å². The monoisotopic (exact) mass is 346 g/mol. The molecule has 0 spiro atoms. The minimum atomic E-state index is -0.205. The first-order chi connectivity index (χ1) is 12.7. The number of carbonyl (C=O) groups excluding carboxylic acids is 1. The van der Waals surface area contributed by atoms with Crippen LogP contribution in [0.5, 0.6) is 0 Å². The second-order valence-corrected chi connectivity index (χ2v) is 6.93. The summed E-state index contributed by atoms with van der Waals surface area (Å²) in [5, 5.41) is 1.42. The number of likely N-dealkylation sites (tertiary alicyclic amines) is 1. The van der Waals surface area contributed by atoms with E-state index in [1.165, 1.54) is 5.56 Å². The zero-order chi connectivity index (χ0) is 17.9. The van der Waals surface area contributed by atoms with Crippen LogP contribution in [0.4, 0.5) is 0 Å². The van der Waals surface area contributed by atoms with Crippen molar-refractivity contribution >= 4 is 16.7 Å². The van der Waals surface area contributed by atoms with Gasteiger partial charge in [-0.1, -0.05) is 48.5 Å². The van der Waals surface area contributed by atoms with Crippen LogP contribution in [-0.4, -0.2) is 28.9 Å². The Balaban J connectivity index is 1.54. The first kappa shape index (κ1) is 16.6. The van der Waals surface area contributed by atoms with Crippen LogP contribution in [0.2, 0.25) is 0 Å². The number of aromatic amines is 1. The molecular formula is C22H22N2O2. The molecule has 2 aromatic carbocycles.